The zero-order chi connectivity index (χ0) is 11.2. The van der Waals surface area contributed by atoms with Gasteiger partial charge in [-0.3, -0.25) is 0 Å². The van der Waals surface area contributed by atoms with E-state index >= 15 is 0 Å². The van der Waals surface area contributed by atoms with Gasteiger partial charge in [0.15, 0.2) is 0 Å². The zero-order valence-corrected chi connectivity index (χ0v) is 10.4. The molecule has 0 bridgehead atoms. The van der Waals surface area contributed by atoms with Crippen molar-refractivity contribution in [3.63, 3.8) is 0 Å². The third-order valence-electron chi connectivity index (χ3n) is 4.27. The first kappa shape index (κ1) is 12.4. The molecule has 2 heteroatoms. The summed E-state index contributed by atoms with van der Waals surface area (Å²) >= 11 is 0. The Bertz CT molecular complexity index is 181. The molecule has 0 aliphatic heterocycles. The molecule has 2 nitrogen and oxygen atoms in total. The van der Waals surface area contributed by atoms with Crippen LogP contribution in [0.4, 0.5) is 0 Å². The van der Waals surface area contributed by atoms with Crippen LogP contribution in [0.15, 0.2) is 0 Å². The van der Waals surface area contributed by atoms with Gasteiger partial charge in [0.2, 0.25) is 0 Å². The molecule has 0 aromatic rings. The van der Waals surface area contributed by atoms with Crippen LogP contribution in [-0.2, 0) is 4.74 Å². The molecule has 2 saturated carbocycles. The van der Waals surface area contributed by atoms with Gasteiger partial charge in [0, 0.05) is 0 Å². The summed E-state index contributed by atoms with van der Waals surface area (Å²) in [6.07, 6.45) is 13.5. The van der Waals surface area contributed by atoms with Crippen LogP contribution in [0.25, 0.3) is 0 Å². The average Bonchev–Trinajstić information content (AvgIpc) is 2.38. The van der Waals surface area contributed by atoms with Crippen molar-refractivity contribution in [3.05, 3.63) is 0 Å². The minimum Gasteiger partial charge on any atom is -0.394 e. The van der Waals surface area contributed by atoms with Gasteiger partial charge in [0.05, 0.1) is 18.8 Å². The Labute approximate surface area is 99.4 Å². The number of hydrogen-bond acceptors (Lipinski definition) is 2. The predicted molar refractivity (Wildman–Crippen MR) is 65.4 cm³/mol. The second kappa shape index (κ2) is 6.61. The monoisotopic (exact) mass is 226 g/mol. The molecule has 0 aromatic heterocycles. The Balaban J connectivity index is 1.78. The minimum absolute atomic E-state index is 0.128. The van der Waals surface area contributed by atoms with Gasteiger partial charge in [-0.05, 0) is 31.6 Å². The summed E-state index contributed by atoms with van der Waals surface area (Å²) in [4.78, 5) is 0. The topological polar surface area (TPSA) is 29.5 Å². The summed E-state index contributed by atoms with van der Waals surface area (Å²) < 4.78 is 6.13. The Morgan fingerprint density at radius 1 is 0.875 bits per heavy atom. The van der Waals surface area contributed by atoms with E-state index in [2.05, 4.69) is 0 Å². The third kappa shape index (κ3) is 3.46. The smallest absolute Gasteiger partial charge is 0.0837 e. The number of aliphatic hydroxyl groups excluding tert-OH is 1. The maximum atomic E-state index is 9.48. The van der Waals surface area contributed by atoms with E-state index in [0.29, 0.717) is 12.0 Å². The lowest BCUT2D eigenvalue weighted by molar-refractivity contribution is -0.0857. The van der Waals surface area contributed by atoms with Crippen molar-refractivity contribution in [2.75, 3.05) is 6.61 Å². The van der Waals surface area contributed by atoms with Gasteiger partial charge in [-0.25, -0.2) is 0 Å². The number of aliphatic hydroxyl groups is 1. The molecule has 0 spiro atoms. The van der Waals surface area contributed by atoms with Crippen molar-refractivity contribution >= 4 is 0 Å². The lowest BCUT2D eigenvalue weighted by atomic mass is 9.85. The molecule has 94 valence electrons. The van der Waals surface area contributed by atoms with Crippen molar-refractivity contribution in [2.45, 2.75) is 76.4 Å². The van der Waals surface area contributed by atoms with E-state index in [1.54, 1.807) is 0 Å². The fourth-order valence-corrected chi connectivity index (χ4v) is 3.26. The summed E-state index contributed by atoms with van der Waals surface area (Å²) in [5.74, 6) is 0.626. The number of hydrogen-bond donors (Lipinski definition) is 1. The van der Waals surface area contributed by atoms with Crippen LogP contribution < -0.4 is 0 Å². The van der Waals surface area contributed by atoms with E-state index in [-0.39, 0.29) is 12.7 Å². The zero-order valence-electron chi connectivity index (χ0n) is 10.4. The summed E-state index contributed by atoms with van der Waals surface area (Å²) in [6, 6.07) is 0. The Morgan fingerprint density at radius 2 is 1.44 bits per heavy atom. The first-order chi connectivity index (χ1) is 7.90. The molecule has 0 amide bonds. The molecule has 0 aromatic carbocycles. The average molecular weight is 226 g/mol. The molecule has 2 rings (SSSR count). The lowest BCUT2D eigenvalue weighted by Crippen LogP contribution is -2.34. The molecule has 1 N–H and O–H groups in total. The van der Waals surface area contributed by atoms with Crippen molar-refractivity contribution < 1.29 is 9.84 Å². The quantitative estimate of drug-likeness (QED) is 0.797. The van der Waals surface area contributed by atoms with Gasteiger partial charge < -0.3 is 9.84 Å². The van der Waals surface area contributed by atoms with Gasteiger partial charge in [0.25, 0.3) is 0 Å². The van der Waals surface area contributed by atoms with E-state index in [1.165, 1.54) is 64.2 Å². The highest BCUT2D eigenvalue weighted by atomic mass is 16.5. The number of ether oxygens (including phenoxy) is 1. The van der Waals surface area contributed by atoms with Crippen LogP contribution in [0.2, 0.25) is 0 Å². The Morgan fingerprint density at radius 3 is 2.00 bits per heavy atom. The molecule has 16 heavy (non-hydrogen) atoms. The Hall–Kier alpha value is -0.0800. The van der Waals surface area contributed by atoms with E-state index in [9.17, 15) is 5.11 Å². The van der Waals surface area contributed by atoms with Gasteiger partial charge in [0.1, 0.15) is 0 Å². The highest BCUT2D eigenvalue weighted by molar-refractivity contribution is 4.76. The van der Waals surface area contributed by atoms with Crippen LogP contribution in [0.1, 0.15) is 64.2 Å². The first-order valence-corrected chi connectivity index (χ1v) is 7.16. The molecule has 2 aliphatic carbocycles. The van der Waals surface area contributed by atoms with E-state index < -0.39 is 0 Å². The molecule has 0 saturated heterocycles. The van der Waals surface area contributed by atoms with Crippen LogP contribution in [0, 0.1) is 5.92 Å². The second-order valence-electron chi connectivity index (χ2n) is 5.52. The summed E-state index contributed by atoms with van der Waals surface area (Å²) in [6.45, 7) is 0.223. The van der Waals surface area contributed by atoms with Crippen molar-refractivity contribution in [1.82, 2.24) is 0 Å². The van der Waals surface area contributed by atoms with Crippen LogP contribution in [-0.4, -0.2) is 23.9 Å². The maximum Gasteiger partial charge on any atom is 0.0837 e. The van der Waals surface area contributed by atoms with Gasteiger partial charge in [-0.15, -0.1) is 0 Å². The molecule has 0 heterocycles. The van der Waals surface area contributed by atoms with Gasteiger partial charge in [-0.2, -0.15) is 0 Å². The van der Waals surface area contributed by atoms with Crippen molar-refractivity contribution in [3.8, 4) is 0 Å². The van der Waals surface area contributed by atoms with E-state index in [4.69, 9.17) is 4.74 Å². The van der Waals surface area contributed by atoms with Crippen LogP contribution in [0.3, 0.4) is 0 Å². The predicted octanol–water partition coefficient (Wildman–Crippen LogP) is 3.28. The summed E-state index contributed by atoms with van der Waals surface area (Å²) in [5, 5.41) is 9.48. The maximum absolute atomic E-state index is 9.48. The molecule has 2 aliphatic rings. The van der Waals surface area contributed by atoms with Crippen molar-refractivity contribution in [2.24, 2.45) is 5.92 Å². The Kier molecular flexibility index (Phi) is 5.11. The molecule has 2 fully saturated rings. The SMILES string of the molecule is OCC(OC1CCCCC1)C1CCCCC1. The second-order valence-corrected chi connectivity index (χ2v) is 5.52. The number of rotatable bonds is 4. The fourth-order valence-electron chi connectivity index (χ4n) is 3.26. The summed E-state index contributed by atoms with van der Waals surface area (Å²) in [7, 11) is 0. The highest BCUT2D eigenvalue weighted by Crippen LogP contribution is 2.30. The summed E-state index contributed by atoms with van der Waals surface area (Å²) in [5.41, 5.74) is 0. The third-order valence-corrected chi connectivity index (χ3v) is 4.27. The largest absolute Gasteiger partial charge is 0.394 e. The van der Waals surface area contributed by atoms with Crippen LogP contribution in [0.5, 0.6) is 0 Å². The first-order valence-electron chi connectivity index (χ1n) is 7.16. The standard InChI is InChI=1S/C14H26O2/c15-11-14(12-7-3-1-4-8-12)16-13-9-5-2-6-10-13/h12-15H,1-11H2. The van der Waals surface area contributed by atoms with E-state index in [0.717, 1.165) is 0 Å². The van der Waals surface area contributed by atoms with E-state index in [1.807, 2.05) is 0 Å². The highest BCUT2D eigenvalue weighted by Gasteiger charge is 2.26. The van der Waals surface area contributed by atoms with Gasteiger partial charge in [-0.1, -0.05) is 38.5 Å². The molecule has 1 atom stereocenters. The van der Waals surface area contributed by atoms with Crippen LogP contribution >= 0.6 is 0 Å². The molecular weight excluding hydrogens is 200 g/mol. The molecule has 1 unspecified atom stereocenters. The minimum atomic E-state index is 0.128. The molecular formula is C14H26O2. The lowest BCUT2D eigenvalue weighted by Gasteiger charge is -2.33. The molecule has 0 radical (unpaired) electrons. The van der Waals surface area contributed by atoms with Gasteiger partial charge >= 0.3 is 0 Å². The normalized spacial score (nSPS) is 26.8. The van der Waals surface area contributed by atoms with Crippen molar-refractivity contribution in [1.29, 1.82) is 0 Å². The fraction of sp³-hybridized carbons (Fsp3) is 1.00.